The number of rotatable bonds is 2. The van der Waals surface area contributed by atoms with Crippen molar-refractivity contribution in [3.8, 4) is 0 Å². The second-order valence-corrected chi connectivity index (χ2v) is 4.31. The number of carbonyl (C=O) groups excluding carboxylic acids is 1. The van der Waals surface area contributed by atoms with Gasteiger partial charge in [-0.05, 0) is 5.56 Å². The molecule has 0 fully saturated rings. The minimum absolute atomic E-state index is 0.117. The monoisotopic (exact) mass is 184 g/mol. The van der Waals surface area contributed by atoms with Gasteiger partial charge in [0.05, 0.1) is 0 Å². The zero-order valence-electron chi connectivity index (χ0n) is 6.90. The van der Waals surface area contributed by atoms with Crippen LogP contribution in [-0.2, 0) is 10.5 Å². The molecule has 1 N–H and O–H groups in total. The van der Waals surface area contributed by atoms with Crippen molar-refractivity contribution in [2.75, 3.05) is 0 Å². The van der Waals surface area contributed by atoms with Crippen LogP contribution in [-0.4, -0.2) is 9.67 Å². The molecule has 1 atom stereocenters. The third kappa shape index (κ3) is 2.68. The summed E-state index contributed by atoms with van der Waals surface area (Å²) in [6, 6.07) is 9.54. The average Bonchev–Trinajstić information content (AvgIpc) is 2.06. The molecule has 0 radical (unpaired) electrons. The maximum absolute atomic E-state index is 10.7. The second kappa shape index (κ2) is 4.28. The molecule has 1 aromatic carbocycles. The molecule has 3 heteroatoms. The molecule has 1 unspecified atom stereocenters. The second-order valence-electron chi connectivity index (χ2n) is 2.56. The molecular formula is C9H12O2S. The lowest BCUT2D eigenvalue weighted by molar-refractivity contribution is -0.109. The van der Waals surface area contributed by atoms with E-state index in [0.29, 0.717) is 5.75 Å². The van der Waals surface area contributed by atoms with Gasteiger partial charge in [-0.2, -0.15) is 0 Å². The van der Waals surface area contributed by atoms with Crippen LogP contribution < -0.4 is 0 Å². The molecule has 12 heavy (non-hydrogen) atoms. The first-order chi connectivity index (χ1) is 5.70. The van der Waals surface area contributed by atoms with Gasteiger partial charge in [0, 0.05) is 12.7 Å². The lowest BCUT2D eigenvalue weighted by atomic mass is 10.2. The summed E-state index contributed by atoms with van der Waals surface area (Å²) < 4.78 is 9.30. The normalized spacial score (nSPS) is 14.0. The Labute approximate surface area is 74.8 Å². The molecule has 0 aliphatic heterocycles. The summed E-state index contributed by atoms with van der Waals surface area (Å²) in [5.41, 5.74) is 1.02. The molecule has 1 aromatic rings. The number of thiol groups is 1. The smallest absolute Gasteiger partial charge is 0.188 e. The highest BCUT2D eigenvalue weighted by Crippen LogP contribution is 2.25. The van der Waals surface area contributed by atoms with Crippen molar-refractivity contribution < 1.29 is 9.35 Å². The van der Waals surface area contributed by atoms with E-state index in [1.807, 2.05) is 30.3 Å². The van der Waals surface area contributed by atoms with Gasteiger partial charge in [0.2, 0.25) is 0 Å². The Bertz CT molecular complexity index is 258. The van der Waals surface area contributed by atoms with E-state index in [1.165, 1.54) is 6.92 Å². The van der Waals surface area contributed by atoms with E-state index in [2.05, 4.69) is 0 Å². The zero-order chi connectivity index (χ0) is 8.97. The number of hydrogen-bond acceptors (Lipinski definition) is 2. The molecule has 0 aliphatic carbocycles. The Hall–Kier alpha value is -0.800. The first-order valence-corrected chi connectivity index (χ1v) is 5.19. The topological polar surface area (TPSA) is 37.3 Å². The third-order valence-corrected chi connectivity index (χ3v) is 2.93. The van der Waals surface area contributed by atoms with Crippen LogP contribution in [0.5, 0.6) is 0 Å². The number of carbonyl (C=O) groups is 1. The van der Waals surface area contributed by atoms with Crippen molar-refractivity contribution in [1.29, 1.82) is 0 Å². The van der Waals surface area contributed by atoms with Crippen molar-refractivity contribution in [3.63, 3.8) is 0 Å². The van der Waals surface area contributed by atoms with Gasteiger partial charge in [-0.3, -0.25) is 4.79 Å². The van der Waals surface area contributed by atoms with Crippen molar-refractivity contribution in [1.82, 2.24) is 0 Å². The lowest BCUT2D eigenvalue weighted by Crippen LogP contribution is -1.95. The van der Waals surface area contributed by atoms with Gasteiger partial charge in [-0.25, -0.2) is 0 Å². The molecule has 0 spiro atoms. The Balaban J connectivity index is 2.58. The Kier molecular flexibility index (Phi) is 3.31. The third-order valence-electron chi connectivity index (χ3n) is 1.54. The zero-order valence-corrected chi connectivity index (χ0v) is 7.79. The minimum atomic E-state index is -1.45. The molecule has 0 aliphatic rings. The van der Waals surface area contributed by atoms with Crippen molar-refractivity contribution in [2.45, 2.75) is 12.7 Å². The SMILES string of the molecule is CC(=O)[SH](O)Cc1ccccc1. The molecule has 2 nitrogen and oxygen atoms in total. The molecule has 0 bridgehead atoms. The maximum Gasteiger partial charge on any atom is 0.188 e. The van der Waals surface area contributed by atoms with Crippen molar-refractivity contribution in [3.05, 3.63) is 35.9 Å². The molecule has 0 saturated carbocycles. The fourth-order valence-electron chi connectivity index (χ4n) is 0.868. The molecular weight excluding hydrogens is 172 g/mol. The van der Waals surface area contributed by atoms with Gasteiger partial charge >= 0.3 is 0 Å². The fourth-order valence-corrected chi connectivity index (χ4v) is 1.65. The molecule has 0 heterocycles. The lowest BCUT2D eigenvalue weighted by Gasteiger charge is -2.09. The van der Waals surface area contributed by atoms with E-state index in [4.69, 9.17) is 0 Å². The summed E-state index contributed by atoms with van der Waals surface area (Å²) in [6.07, 6.45) is 0. The molecule has 1 rings (SSSR count). The molecule has 0 amide bonds. The van der Waals surface area contributed by atoms with Crippen molar-refractivity contribution >= 4 is 16.3 Å². The van der Waals surface area contributed by atoms with Crippen LogP contribution >= 0.6 is 11.2 Å². The Morgan fingerprint density at radius 1 is 1.42 bits per heavy atom. The quantitative estimate of drug-likeness (QED) is 0.691. The molecule has 0 aromatic heterocycles. The van der Waals surface area contributed by atoms with Gasteiger partial charge in [0.25, 0.3) is 0 Å². The number of benzene rings is 1. The molecule has 0 saturated heterocycles. The summed E-state index contributed by atoms with van der Waals surface area (Å²) in [5.74, 6) is 0.478. The first kappa shape index (κ1) is 9.29. The largest absolute Gasteiger partial charge is 0.347 e. The van der Waals surface area contributed by atoms with Crippen LogP contribution in [0.1, 0.15) is 12.5 Å². The van der Waals surface area contributed by atoms with Gasteiger partial charge in [-0.1, -0.05) is 41.5 Å². The van der Waals surface area contributed by atoms with Crippen molar-refractivity contribution in [2.24, 2.45) is 0 Å². The first-order valence-electron chi connectivity index (χ1n) is 3.71. The van der Waals surface area contributed by atoms with Crippen LogP contribution in [0, 0.1) is 0 Å². The maximum atomic E-state index is 10.7. The average molecular weight is 184 g/mol. The predicted molar refractivity (Wildman–Crippen MR) is 52.4 cm³/mol. The van der Waals surface area contributed by atoms with Crippen LogP contribution in [0.25, 0.3) is 0 Å². The van der Waals surface area contributed by atoms with Crippen LogP contribution in [0.2, 0.25) is 0 Å². The van der Waals surface area contributed by atoms with Gasteiger partial charge < -0.3 is 4.55 Å². The van der Waals surface area contributed by atoms with E-state index in [1.54, 1.807) is 0 Å². The van der Waals surface area contributed by atoms with E-state index in [0.717, 1.165) is 5.56 Å². The summed E-state index contributed by atoms with van der Waals surface area (Å²) in [5, 5.41) is -0.117. The Morgan fingerprint density at radius 3 is 2.50 bits per heavy atom. The highest BCUT2D eigenvalue weighted by Gasteiger charge is 2.04. The van der Waals surface area contributed by atoms with Crippen LogP contribution in [0.15, 0.2) is 30.3 Å². The van der Waals surface area contributed by atoms with E-state index in [-0.39, 0.29) is 5.12 Å². The van der Waals surface area contributed by atoms with Gasteiger partial charge in [0.15, 0.2) is 5.12 Å². The summed E-state index contributed by atoms with van der Waals surface area (Å²) in [7, 11) is 0. The van der Waals surface area contributed by atoms with Crippen LogP contribution in [0.4, 0.5) is 0 Å². The summed E-state index contributed by atoms with van der Waals surface area (Å²) in [6.45, 7) is 1.43. The summed E-state index contributed by atoms with van der Waals surface area (Å²) in [4.78, 5) is 10.7. The van der Waals surface area contributed by atoms with E-state index in [9.17, 15) is 9.35 Å². The molecule has 66 valence electrons. The van der Waals surface area contributed by atoms with Crippen LogP contribution in [0.3, 0.4) is 0 Å². The number of hydrogen-bond donors (Lipinski definition) is 2. The van der Waals surface area contributed by atoms with E-state index < -0.39 is 11.2 Å². The predicted octanol–water partition coefficient (Wildman–Crippen LogP) is 2.21. The minimum Gasteiger partial charge on any atom is -0.347 e. The highest BCUT2D eigenvalue weighted by atomic mass is 32.2. The van der Waals surface area contributed by atoms with Gasteiger partial charge in [-0.15, -0.1) is 0 Å². The Morgan fingerprint density at radius 2 is 2.00 bits per heavy atom. The van der Waals surface area contributed by atoms with Gasteiger partial charge in [0.1, 0.15) is 0 Å². The highest BCUT2D eigenvalue weighted by molar-refractivity contribution is 8.24. The summed E-state index contributed by atoms with van der Waals surface area (Å²) >= 11 is -1.45. The standard InChI is InChI=1S/C9H12O2S/c1-8(10)12(11)7-9-5-3-2-4-6-9/h2-6,11-12H,7H2,1H3. The van der Waals surface area contributed by atoms with E-state index >= 15 is 0 Å². The fraction of sp³-hybridized carbons (Fsp3) is 0.222.